The molecule has 0 saturated heterocycles. The third-order valence-corrected chi connectivity index (χ3v) is 11.0. The molecule has 2 aliphatic rings. The number of carbonyl (C=O) groups excluding carboxylic acids is 4. The van der Waals surface area contributed by atoms with E-state index in [9.17, 15) is 19.2 Å². The van der Waals surface area contributed by atoms with Crippen molar-refractivity contribution in [2.45, 2.75) is 76.4 Å². The number of esters is 2. The lowest BCUT2D eigenvalue weighted by Gasteiger charge is -2.12. The van der Waals surface area contributed by atoms with Crippen LogP contribution >= 0.6 is 11.6 Å². The van der Waals surface area contributed by atoms with Crippen LogP contribution in [-0.4, -0.2) is 73.0 Å². The number of nitrogens with one attached hydrogen (secondary N) is 1. The van der Waals surface area contributed by atoms with Crippen molar-refractivity contribution in [1.29, 1.82) is 0 Å². The van der Waals surface area contributed by atoms with Gasteiger partial charge in [-0.05, 0) is 134 Å². The van der Waals surface area contributed by atoms with Crippen LogP contribution in [0.1, 0.15) is 119 Å². The van der Waals surface area contributed by atoms with Gasteiger partial charge in [-0.3, -0.25) is 5.32 Å². The summed E-state index contributed by atoms with van der Waals surface area (Å²) in [6.45, 7) is -5.01. The van der Waals surface area contributed by atoms with Gasteiger partial charge >= 0.3 is 23.5 Å². The number of halogens is 1. The fraction of sp³-hybridized carbons (Fsp3) is 0.360. The van der Waals surface area contributed by atoms with Crippen LogP contribution < -0.4 is 20.5 Å². The summed E-state index contributed by atoms with van der Waals surface area (Å²) in [5, 5.41) is 3.69. The molecule has 15 heteroatoms. The van der Waals surface area contributed by atoms with E-state index in [0.29, 0.717) is 49.9 Å². The molecule has 65 heavy (non-hydrogen) atoms. The van der Waals surface area contributed by atoms with E-state index in [4.69, 9.17) is 61.0 Å². The number of benzene rings is 4. The van der Waals surface area contributed by atoms with Gasteiger partial charge in [0.05, 0.1) is 55.7 Å². The first-order valence-electron chi connectivity index (χ1n) is 29.3. The van der Waals surface area contributed by atoms with E-state index in [1.807, 2.05) is 0 Å². The summed E-state index contributed by atoms with van der Waals surface area (Å²) in [7, 11) is -11.8. The van der Waals surface area contributed by atoms with Gasteiger partial charge in [-0.1, -0.05) is 12.1 Å². The highest BCUT2D eigenvalue weighted by Crippen LogP contribution is 2.32. The fourth-order valence-electron chi connectivity index (χ4n) is 7.79. The van der Waals surface area contributed by atoms with E-state index in [0.717, 1.165) is 72.6 Å². The second-order valence-corrected chi connectivity index (χ2v) is 15.5. The number of aryl methyl sites for hydroxylation is 2. The average molecular weight is 928 g/mol. The number of nitrogens with zero attached hydrogens (tertiary/aromatic N) is 2. The van der Waals surface area contributed by atoms with E-state index in [1.54, 1.807) is 36.4 Å². The van der Waals surface area contributed by atoms with Crippen LogP contribution in [0.2, 0.25) is 0 Å². The number of nitrogens with two attached hydrogens (primary N) is 1. The smallest absolute Gasteiger partial charge is 0.411 e. The van der Waals surface area contributed by atoms with Crippen LogP contribution in [0.4, 0.5) is 21.0 Å². The van der Waals surface area contributed by atoms with Crippen molar-refractivity contribution in [3.05, 3.63) is 119 Å². The summed E-state index contributed by atoms with van der Waals surface area (Å²) < 4.78 is 166. The Hall–Kier alpha value is -6.67. The normalized spacial score (nSPS) is 18.8. The Labute approximate surface area is 409 Å². The van der Waals surface area contributed by atoms with Gasteiger partial charge in [0.25, 0.3) is 0 Å². The minimum Gasteiger partial charge on any atom is -0.496 e. The molecule has 8 rings (SSSR count). The summed E-state index contributed by atoms with van der Waals surface area (Å²) in [4.78, 5) is 47.0. The number of rotatable bonds is 11. The molecule has 0 radical (unpaired) electrons. The first kappa shape index (κ1) is 29.0. The van der Waals surface area contributed by atoms with Crippen LogP contribution in [0.5, 0.6) is 11.5 Å². The number of nitrogen functional groups attached to an aromatic ring is 1. The molecule has 2 heterocycles. The third kappa shape index (κ3) is 12.3. The topological polar surface area (TPSA) is 172 Å². The van der Waals surface area contributed by atoms with Crippen molar-refractivity contribution in [3.63, 3.8) is 0 Å². The molecule has 0 atom stereocenters. The summed E-state index contributed by atoms with van der Waals surface area (Å²) in [6, 6.07) is 16.9. The first-order valence-corrected chi connectivity index (χ1v) is 20.7. The maximum Gasteiger partial charge on any atom is 0.411 e. The van der Waals surface area contributed by atoms with Crippen molar-refractivity contribution >= 4 is 68.2 Å². The van der Waals surface area contributed by atoms with E-state index < -0.39 is 65.6 Å². The highest BCUT2D eigenvalue weighted by Gasteiger charge is 2.21. The number of anilines is 2. The van der Waals surface area contributed by atoms with Crippen LogP contribution in [0.3, 0.4) is 0 Å². The molecular formula is C50H57ClN4O10. The van der Waals surface area contributed by atoms with Gasteiger partial charge in [-0.25, -0.2) is 19.2 Å². The van der Waals surface area contributed by atoms with Gasteiger partial charge in [0.1, 0.15) is 23.7 Å². The summed E-state index contributed by atoms with van der Waals surface area (Å²) in [6.07, 6.45) is 10.0. The molecule has 2 saturated carbocycles. The Balaban J connectivity index is 0.000000235. The largest absolute Gasteiger partial charge is 0.496 e. The predicted molar refractivity (Wildman–Crippen MR) is 251 cm³/mol. The Morgan fingerprint density at radius 2 is 1.15 bits per heavy atom. The number of ether oxygens (including phenoxy) is 6. The standard InChI is InChI=1S/C25H28N2O5.C19H20N2O3.C6H9ClO2/c1-27-15-18(12-16-8-9-17(24(28)31-3)13-23(16)30-2)21-14-19(10-11-22(21)27)26-25(29)32-20-6-4-5-7-20;1-21-11-14(16-10-15(20)6-7-17(16)21)8-12-4-5-13(19(22)24-3)9-18(12)23-2;7-6(8)9-5-3-1-2-4-5/h8-11,13-15,20H,4-7,12H2,1-3H3,(H,26,29);4-7,9-11H,8,20H2,1-3H3;5H,1-4H2/i2*1D3,2D3,3D3;. The second kappa shape index (κ2) is 22.3. The quantitative estimate of drug-likeness (QED) is 0.0548. The van der Waals surface area contributed by atoms with Crippen molar-refractivity contribution in [2.75, 3.05) is 39.2 Å². The highest BCUT2D eigenvalue weighted by atomic mass is 35.5. The van der Waals surface area contributed by atoms with Gasteiger partial charge in [-0.15, -0.1) is 0 Å². The summed E-state index contributed by atoms with van der Waals surface area (Å²) in [5.74, 6) is -2.82. The molecule has 3 N–H and O–H groups in total. The number of fused-ring (bicyclic) bond motifs is 2. The SMILES string of the molecule is O=C(Cl)OC1CCCC1.[2H]C([2H])([2H])OC(=O)c1ccc(Cc2cn(C([2H])([2H])[2H])c3ccc(N)cc23)c(OC([2H])([2H])[2H])c1.[2H]C([2H])([2H])OC(=O)c1ccc(Cc2cn(C([2H])([2H])[2H])c3ccc(NC(=O)OC4CCCC4)cc23)c(OC([2H])([2H])[2H])c1. The number of aromatic nitrogens is 2. The molecule has 14 nitrogen and oxygen atoms in total. The Morgan fingerprint density at radius 3 is 1.65 bits per heavy atom. The minimum atomic E-state index is -3.01. The average Bonchev–Trinajstić information content (AvgIpc) is 2.27. The maximum atomic E-state index is 12.4. The van der Waals surface area contributed by atoms with Crippen LogP contribution in [0.15, 0.2) is 85.2 Å². The number of amides is 1. The number of hydrogen-bond donors (Lipinski definition) is 2. The van der Waals surface area contributed by atoms with Crippen LogP contribution in [-0.2, 0) is 45.7 Å². The van der Waals surface area contributed by atoms with Crippen molar-refractivity contribution in [3.8, 4) is 11.5 Å². The van der Waals surface area contributed by atoms with Crippen LogP contribution in [0, 0.1) is 0 Å². The minimum absolute atomic E-state index is 0.0322. The molecule has 2 aromatic heterocycles. The monoisotopic (exact) mass is 926 g/mol. The molecule has 1 amide bonds. The lowest BCUT2D eigenvalue weighted by Crippen LogP contribution is -2.20. The Bertz CT molecular complexity index is 3300. The molecule has 2 fully saturated rings. The first-order chi connectivity index (χ1) is 38.3. The van der Waals surface area contributed by atoms with E-state index in [1.165, 1.54) is 36.7 Å². The highest BCUT2D eigenvalue weighted by molar-refractivity contribution is 6.61. The molecule has 0 unspecified atom stereocenters. The Kier molecular flexibility index (Phi) is 9.94. The molecular weight excluding hydrogens is 852 g/mol. The molecule has 2 aliphatic carbocycles. The zero-order valence-corrected chi connectivity index (χ0v) is 35.5. The lowest BCUT2D eigenvalue weighted by molar-refractivity contribution is 0.0591. The van der Waals surface area contributed by atoms with Crippen molar-refractivity contribution in [2.24, 2.45) is 14.0 Å². The number of hydrogen-bond acceptors (Lipinski definition) is 11. The number of methoxy groups -OCH3 is 4. The van der Waals surface area contributed by atoms with Gasteiger partial charge in [0, 0.05) is 92.2 Å². The molecule has 0 bridgehead atoms. The summed E-state index contributed by atoms with van der Waals surface area (Å²) >= 11 is 5.00. The Morgan fingerprint density at radius 1 is 0.646 bits per heavy atom. The lowest BCUT2D eigenvalue weighted by atomic mass is 10.0. The van der Waals surface area contributed by atoms with E-state index >= 15 is 0 Å². The van der Waals surface area contributed by atoms with E-state index in [-0.39, 0.29) is 53.2 Å². The molecule has 0 spiro atoms. The molecule has 4 aromatic carbocycles. The maximum absolute atomic E-state index is 12.4. The van der Waals surface area contributed by atoms with Gasteiger partial charge < -0.3 is 43.3 Å². The predicted octanol–water partition coefficient (Wildman–Crippen LogP) is 10.5. The van der Waals surface area contributed by atoms with Crippen molar-refractivity contribution < 1.29 is 72.3 Å². The second-order valence-electron chi connectivity index (χ2n) is 15.2. The van der Waals surface area contributed by atoms with Crippen LogP contribution in [0.25, 0.3) is 21.8 Å². The van der Waals surface area contributed by atoms with Gasteiger partial charge in [0.15, 0.2) is 0 Å². The zero-order chi connectivity index (χ0) is 61.6. The fourth-order valence-corrected chi connectivity index (χ4v) is 7.92. The molecule has 0 aliphatic heterocycles. The third-order valence-electron chi connectivity index (χ3n) is 11.0. The van der Waals surface area contributed by atoms with Crippen molar-refractivity contribution in [1.82, 2.24) is 9.13 Å². The van der Waals surface area contributed by atoms with Gasteiger partial charge in [0.2, 0.25) is 0 Å². The zero-order valence-electron chi connectivity index (χ0n) is 52.7. The molecule has 344 valence electrons. The van der Waals surface area contributed by atoms with Gasteiger partial charge in [-0.2, -0.15) is 0 Å². The van der Waals surface area contributed by atoms with E-state index in [2.05, 4.69) is 14.8 Å². The number of carbonyl (C=O) groups is 4. The molecule has 6 aromatic rings. The summed E-state index contributed by atoms with van der Waals surface area (Å²) in [5.41, 5.74) is 7.85.